The molecular formula is C11H9ClINO. The lowest BCUT2D eigenvalue weighted by Crippen LogP contribution is -2.05. The van der Waals surface area contributed by atoms with E-state index in [4.69, 9.17) is 11.6 Å². The Kier molecular flexibility index (Phi) is 3.02. The minimum Gasteiger partial charge on any atom is -0.357 e. The molecule has 1 heterocycles. The van der Waals surface area contributed by atoms with E-state index in [0.29, 0.717) is 10.4 Å². The van der Waals surface area contributed by atoms with Crippen molar-refractivity contribution in [1.82, 2.24) is 4.98 Å². The van der Waals surface area contributed by atoms with E-state index in [1.807, 2.05) is 13.0 Å². The number of benzene rings is 1. The third-order valence-electron chi connectivity index (χ3n) is 2.29. The van der Waals surface area contributed by atoms with Gasteiger partial charge in [-0.2, -0.15) is 0 Å². The summed E-state index contributed by atoms with van der Waals surface area (Å²) in [6, 6.07) is 5.19. The van der Waals surface area contributed by atoms with Crippen LogP contribution in [0.5, 0.6) is 0 Å². The smallest absolute Gasteiger partial charge is 0.189 e. The molecule has 0 atom stereocenters. The number of H-pyrrole nitrogens is 1. The van der Waals surface area contributed by atoms with Crippen LogP contribution in [0, 0.1) is 3.57 Å². The molecule has 1 aromatic carbocycles. The van der Waals surface area contributed by atoms with Gasteiger partial charge >= 0.3 is 0 Å². The van der Waals surface area contributed by atoms with Gasteiger partial charge in [-0.3, -0.25) is 4.79 Å². The summed E-state index contributed by atoms with van der Waals surface area (Å²) >= 11 is 8.09. The van der Waals surface area contributed by atoms with Crippen LogP contribution in [0.15, 0.2) is 23.0 Å². The molecule has 0 aliphatic rings. The van der Waals surface area contributed by atoms with Gasteiger partial charge in [0.05, 0.1) is 5.52 Å². The summed E-state index contributed by atoms with van der Waals surface area (Å²) in [6.45, 7) is 2.01. The number of aromatic amines is 1. The highest BCUT2D eigenvalue weighted by molar-refractivity contribution is 14.1. The number of aryl methyl sites for hydroxylation is 1. The highest BCUT2D eigenvalue weighted by Gasteiger charge is 2.05. The van der Waals surface area contributed by atoms with Crippen molar-refractivity contribution in [2.45, 2.75) is 13.3 Å². The topological polar surface area (TPSA) is 32.9 Å². The highest BCUT2D eigenvalue weighted by atomic mass is 127. The second-order valence-electron chi connectivity index (χ2n) is 3.32. The first-order valence-corrected chi connectivity index (χ1v) is 6.08. The van der Waals surface area contributed by atoms with Crippen LogP contribution in [0.1, 0.15) is 12.6 Å². The van der Waals surface area contributed by atoms with E-state index in [1.54, 1.807) is 12.1 Å². The Bertz CT molecular complexity index is 577. The van der Waals surface area contributed by atoms with Crippen LogP contribution < -0.4 is 5.43 Å². The van der Waals surface area contributed by atoms with Crippen LogP contribution >= 0.6 is 34.2 Å². The number of rotatable bonds is 1. The van der Waals surface area contributed by atoms with Gasteiger partial charge in [0.1, 0.15) is 0 Å². The Labute approximate surface area is 106 Å². The molecule has 78 valence electrons. The maximum absolute atomic E-state index is 11.8. The molecule has 2 aromatic rings. The third-order valence-corrected chi connectivity index (χ3v) is 3.36. The van der Waals surface area contributed by atoms with Crippen molar-refractivity contribution in [2.75, 3.05) is 0 Å². The summed E-state index contributed by atoms with van der Waals surface area (Å²) in [5, 5.41) is 1.26. The number of pyridine rings is 1. The molecule has 4 heteroatoms. The third kappa shape index (κ3) is 2.03. The van der Waals surface area contributed by atoms with E-state index in [0.717, 1.165) is 21.2 Å². The second kappa shape index (κ2) is 4.14. The molecule has 1 N–H and O–H groups in total. The highest BCUT2D eigenvalue weighted by Crippen LogP contribution is 2.22. The molecule has 0 saturated carbocycles. The Morgan fingerprint density at radius 1 is 1.40 bits per heavy atom. The maximum atomic E-state index is 11.8. The summed E-state index contributed by atoms with van der Waals surface area (Å²) in [4.78, 5) is 15.0. The number of hydrogen-bond donors (Lipinski definition) is 1. The molecule has 0 bridgehead atoms. The predicted molar refractivity (Wildman–Crippen MR) is 71.7 cm³/mol. The van der Waals surface area contributed by atoms with E-state index >= 15 is 0 Å². The monoisotopic (exact) mass is 333 g/mol. The van der Waals surface area contributed by atoms with Crippen LogP contribution in [0.3, 0.4) is 0 Å². The average Bonchev–Trinajstić information content (AvgIpc) is 2.19. The summed E-state index contributed by atoms with van der Waals surface area (Å²) in [7, 11) is 0. The summed E-state index contributed by atoms with van der Waals surface area (Å²) in [5.74, 6) is 0. The Morgan fingerprint density at radius 3 is 2.80 bits per heavy atom. The first-order chi connectivity index (χ1) is 7.11. The van der Waals surface area contributed by atoms with Crippen LogP contribution in [-0.4, -0.2) is 4.98 Å². The molecule has 0 fully saturated rings. The SMILES string of the molecule is CCc1cc(=O)c2cc(Cl)cc(I)c2[nH]1. The molecule has 2 nitrogen and oxygen atoms in total. The van der Waals surface area contributed by atoms with E-state index in [2.05, 4.69) is 27.6 Å². The van der Waals surface area contributed by atoms with Crippen molar-refractivity contribution in [2.24, 2.45) is 0 Å². The van der Waals surface area contributed by atoms with Crippen molar-refractivity contribution >= 4 is 45.1 Å². The largest absolute Gasteiger partial charge is 0.357 e. The molecule has 0 spiro atoms. The molecule has 1 aromatic heterocycles. The molecular weight excluding hydrogens is 324 g/mol. The number of hydrogen-bond acceptors (Lipinski definition) is 1. The molecule has 0 saturated heterocycles. The first kappa shape index (κ1) is 11.0. The normalized spacial score (nSPS) is 10.9. The van der Waals surface area contributed by atoms with Crippen molar-refractivity contribution in [1.29, 1.82) is 0 Å². The lowest BCUT2D eigenvalue weighted by atomic mass is 10.2. The zero-order chi connectivity index (χ0) is 11.0. The minimum absolute atomic E-state index is 0.0287. The van der Waals surface area contributed by atoms with Crippen LogP contribution in [0.25, 0.3) is 10.9 Å². The van der Waals surface area contributed by atoms with Gasteiger partial charge in [0.2, 0.25) is 0 Å². The number of halogens is 2. The van der Waals surface area contributed by atoms with Crippen molar-refractivity contribution in [3.63, 3.8) is 0 Å². The van der Waals surface area contributed by atoms with Crippen molar-refractivity contribution in [3.8, 4) is 0 Å². The van der Waals surface area contributed by atoms with Gasteiger partial charge < -0.3 is 4.98 Å². The fourth-order valence-corrected chi connectivity index (χ4v) is 2.68. The summed E-state index contributed by atoms with van der Waals surface area (Å²) in [5.41, 5.74) is 1.86. The Morgan fingerprint density at radius 2 is 2.13 bits per heavy atom. The maximum Gasteiger partial charge on any atom is 0.189 e. The number of aromatic nitrogens is 1. The van der Waals surface area contributed by atoms with Gasteiger partial charge in [-0.15, -0.1) is 0 Å². The van der Waals surface area contributed by atoms with Gasteiger partial charge in [0.15, 0.2) is 5.43 Å². The van der Waals surface area contributed by atoms with Crippen LogP contribution in [0.2, 0.25) is 5.02 Å². The zero-order valence-electron chi connectivity index (χ0n) is 8.10. The lowest BCUT2D eigenvalue weighted by Gasteiger charge is -2.04. The van der Waals surface area contributed by atoms with E-state index in [9.17, 15) is 4.79 Å². The number of nitrogens with one attached hydrogen (secondary N) is 1. The van der Waals surface area contributed by atoms with Gasteiger partial charge in [-0.05, 0) is 41.1 Å². The van der Waals surface area contributed by atoms with Gasteiger partial charge in [0.25, 0.3) is 0 Å². The fourth-order valence-electron chi connectivity index (χ4n) is 1.52. The molecule has 0 amide bonds. The fraction of sp³-hybridized carbons (Fsp3) is 0.182. The Balaban J connectivity index is 2.91. The summed E-state index contributed by atoms with van der Waals surface area (Å²) in [6.07, 6.45) is 0.823. The van der Waals surface area contributed by atoms with E-state index in [1.165, 1.54) is 0 Å². The van der Waals surface area contributed by atoms with Gasteiger partial charge in [0, 0.05) is 25.7 Å². The molecule has 2 rings (SSSR count). The van der Waals surface area contributed by atoms with Gasteiger partial charge in [-0.25, -0.2) is 0 Å². The molecule has 0 aliphatic carbocycles. The van der Waals surface area contributed by atoms with Crippen LogP contribution in [-0.2, 0) is 6.42 Å². The average molecular weight is 334 g/mol. The molecule has 15 heavy (non-hydrogen) atoms. The standard InChI is InChI=1S/C11H9ClINO/c1-2-7-5-10(15)8-3-6(12)4-9(13)11(8)14-7/h3-5H,2H2,1H3,(H,14,15). The van der Waals surface area contributed by atoms with E-state index in [-0.39, 0.29) is 5.43 Å². The van der Waals surface area contributed by atoms with Crippen molar-refractivity contribution < 1.29 is 0 Å². The zero-order valence-corrected chi connectivity index (χ0v) is 11.0. The first-order valence-electron chi connectivity index (χ1n) is 4.62. The van der Waals surface area contributed by atoms with Crippen LogP contribution in [0.4, 0.5) is 0 Å². The number of fused-ring (bicyclic) bond motifs is 1. The van der Waals surface area contributed by atoms with Gasteiger partial charge in [-0.1, -0.05) is 18.5 Å². The summed E-state index contributed by atoms with van der Waals surface area (Å²) < 4.78 is 0.975. The Hall–Kier alpha value is -0.550. The molecule has 0 unspecified atom stereocenters. The lowest BCUT2D eigenvalue weighted by molar-refractivity contribution is 1.05. The second-order valence-corrected chi connectivity index (χ2v) is 4.92. The quantitative estimate of drug-likeness (QED) is 0.798. The molecule has 0 radical (unpaired) electrons. The minimum atomic E-state index is 0.0287. The predicted octanol–water partition coefficient (Wildman–Crippen LogP) is 3.35. The van der Waals surface area contributed by atoms with Crippen molar-refractivity contribution in [3.05, 3.63) is 42.7 Å². The molecule has 0 aliphatic heterocycles. The van der Waals surface area contributed by atoms with E-state index < -0.39 is 0 Å².